The Morgan fingerprint density at radius 2 is 1.90 bits per heavy atom. The first-order valence-electron chi connectivity index (χ1n) is 6.50. The van der Waals surface area contributed by atoms with Gasteiger partial charge < -0.3 is 19.5 Å². The number of aliphatic hydroxyl groups excluding tert-OH is 1. The Morgan fingerprint density at radius 3 is 2.55 bits per heavy atom. The second kappa shape index (κ2) is 9.42. The quantitative estimate of drug-likeness (QED) is 0.710. The predicted molar refractivity (Wildman–Crippen MR) is 82.1 cm³/mol. The monoisotopic (exact) mass is 321 g/mol. The number of rotatable bonds is 9. The fourth-order valence-electron chi connectivity index (χ4n) is 1.68. The van der Waals surface area contributed by atoms with E-state index in [4.69, 9.17) is 37.8 Å². The van der Waals surface area contributed by atoms with Crippen molar-refractivity contribution in [3.63, 3.8) is 0 Å². The number of aliphatic hydroxyl groups is 1. The van der Waals surface area contributed by atoms with Crippen LogP contribution in [0.5, 0.6) is 5.75 Å². The lowest BCUT2D eigenvalue weighted by Gasteiger charge is -2.15. The molecule has 4 nitrogen and oxygen atoms in total. The van der Waals surface area contributed by atoms with Crippen LogP contribution in [0.15, 0.2) is 12.1 Å². The van der Waals surface area contributed by atoms with Crippen molar-refractivity contribution in [2.75, 3.05) is 46.6 Å². The minimum Gasteiger partial charge on any atom is -0.489 e. The molecule has 0 saturated heterocycles. The second-order valence-corrected chi connectivity index (χ2v) is 5.36. The van der Waals surface area contributed by atoms with Gasteiger partial charge in [0.2, 0.25) is 0 Å². The lowest BCUT2D eigenvalue weighted by atomic mass is 10.2. The average molecular weight is 322 g/mol. The van der Waals surface area contributed by atoms with Gasteiger partial charge in [0, 0.05) is 18.1 Å². The molecule has 1 aromatic carbocycles. The van der Waals surface area contributed by atoms with E-state index in [0.717, 1.165) is 12.1 Å². The van der Waals surface area contributed by atoms with Crippen LogP contribution in [0.25, 0.3) is 0 Å². The van der Waals surface area contributed by atoms with Gasteiger partial charge >= 0.3 is 0 Å². The van der Waals surface area contributed by atoms with Gasteiger partial charge in [0.25, 0.3) is 0 Å². The Morgan fingerprint density at radius 1 is 1.15 bits per heavy atom. The standard InChI is InChI=1S/C14H21Cl2NO3/c1-11-9-12(15)10-13(16)14(11)20-8-7-19-6-4-17(2)3-5-18/h9-10,18H,3-8H2,1-2H3. The Kier molecular flexibility index (Phi) is 8.26. The highest BCUT2D eigenvalue weighted by Gasteiger charge is 2.07. The van der Waals surface area contributed by atoms with Crippen molar-refractivity contribution in [3.05, 3.63) is 27.7 Å². The maximum Gasteiger partial charge on any atom is 0.141 e. The van der Waals surface area contributed by atoms with Crippen molar-refractivity contribution < 1.29 is 14.6 Å². The first-order valence-corrected chi connectivity index (χ1v) is 7.25. The van der Waals surface area contributed by atoms with Crippen LogP contribution in [0.2, 0.25) is 10.0 Å². The van der Waals surface area contributed by atoms with Gasteiger partial charge in [-0.05, 0) is 31.7 Å². The van der Waals surface area contributed by atoms with E-state index in [0.29, 0.717) is 42.2 Å². The fourth-order valence-corrected chi connectivity index (χ4v) is 2.33. The number of ether oxygens (including phenoxy) is 2. The van der Waals surface area contributed by atoms with Crippen molar-refractivity contribution in [2.24, 2.45) is 0 Å². The van der Waals surface area contributed by atoms with Gasteiger partial charge in [-0.15, -0.1) is 0 Å². The molecule has 0 aliphatic carbocycles. The summed E-state index contributed by atoms with van der Waals surface area (Å²) in [6, 6.07) is 3.48. The molecule has 0 fully saturated rings. The molecule has 1 aromatic rings. The van der Waals surface area contributed by atoms with Crippen molar-refractivity contribution in [3.8, 4) is 5.75 Å². The smallest absolute Gasteiger partial charge is 0.141 e. The number of nitrogens with zero attached hydrogens (tertiary/aromatic N) is 1. The zero-order chi connectivity index (χ0) is 15.0. The average Bonchev–Trinajstić information content (AvgIpc) is 2.36. The third kappa shape index (κ3) is 6.29. The summed E-state index contributed by atoms with van der Waals surface area (Å²) in [6.07, 6.45) is 0. The number of halogens is 2. The summed E-state index contributed by atoms with van der Waals surface area (Å²) in [5, 5.41) is 9.86. The number of likely N-dealkylation sites (N-methyl/N-ethyl adjacent to an activating group) is 1. The van der Waals surface area contributed by atoms with Crippen molar-refractivity contribution in [1.29, 1.82) is 0 Å². The Balaban J connectivity index is 2.22. The summed E-state index contributed by atoms with van der Waals surface area (Å²) >= 11 is 12.0. The van der Waals surface area contributed by atoms with Crippen molar-refractivity contribution in [1.82, 2.24) is 4.90 Å². The molecule has 114 valence electrons. The molecule has 20 heavy (non-hydrogen) atoms. The Hall–Kier alpha value is -0.520. The van der Waals surface area contributed by atoms with Crippen molar-refractivity contribution >= 4 is 23.2 Å². The summed E-state index contributed by atoms with van der Waals surface area (Å²) in [5.41, 5.74) is 0.908. The molecule has 0 aromatic heterocycles. The van der Waals surface area contributed by atoms with E-state index in [1.165, 1.54) is 0 Å². The minimum atomic E-state index is 0.161. The third-order valence-corrected chi connectivity index (χ3v) is 3.27. The molecule has 0 unspecified atom stereocenters. The van der Waals surface area contributed by atoms with Crippen LogP contribution < -0.4 is 4.74 Å². The SMILES string of the molecule is Cc1cc(Cl)cc(Cl)c1OCCOCCN(C)CCO. The Bertz CT molecular complexity index is 392. The highest BCUT2D eigenvalue weighted by atomic mass is 35.5. The van der Waals surface area contributed by atoms with Gasteiger partial charge in [-0.2, -0.15) is 0 Å². The van der Waals surface area contributed by atoms with E-state index < -0.39 is 0 Å². The molecule has 0 aliphatic heterocycles. The first kappa shape index (κ1) is 17.5. The number of aryl methyl sites for hydroxylation is 1. The molecule has 0 saturated carbocycles. The summed E-state index contributed by atoms with van der Waals surface area (Å²) < 4.78 is 11.1. The normalized spacial score (nSPS) is 11.1. The van der Waals surface area contributed by atoms with Gasteiger partial charge in [-0.3, -0.25) is 0 Å². The lowest BCUT2D eigenvalue weighted by molar-refractivity contribution is 0.0811. The molecule has 6 heteroatoms. The molecule has 0 bridgehead atoms. The maximum absolute atomic E-state index is 8.75. The van der Waals surface area contributed by atoms with Crippen LogP contribution in [0, 0.1) is 6.92 Å². The topological polar surface area (TPSA) is 41.9 Å². The zero-order valence-electron chi connectivity index (χ0n) is 11.9. The van der Waals surface area contributed by atoms with Crippen LogP contribution in [0.4, 0.5) is 0 Å². The molecule has 0 amide bonds. The van der Waals surface area contributed by atoms with Crippen LogP contribution in [0.3, 0.4) is 0 Å². The molecular weight excluding hydrogens is 301 g/mol. The van der Waals surface area contributed by atoms with Gasteiger partial charge in [0.05, 0.1) is 24.8 Å². The van der Waals surface area contributed by atoms with E-state index in [9.17, 15) is 0 Å². The summed E-state index contributed by atoms with van der Waals surface area (Å²) in [5.74, 6) is 0.650. The van der Waals surface area contributed by atoms with E-state index in [2.05, 4.69) is 0 Å². The maximum atomic E-state index is 8.75. The molecule has 1 rings (SSSR count). The first-order chi connectivity index (χ1) is 9.54. The number of hydrogen-bond donors (Lipinski definition) is 1. The van der Waals surface area contributed by atoms with E-state index in [1.807, 2.05) is 24.9 Å². The van der Waals surface area contributed by atoms with E-state index >= 15 is 0 Å². The molecule has 1 N–H and O–H groups in total. The second-order valence-electron chi connectivity index (χ2n) is 4.52. The minimum absolute atomic E-state index is 0.161. The van der Waals surface area contributed by atoms with Crippen LogP contribution in [-0.2, 0) is 4.74 Å². The highest BCUT2D eigenvalue weighted by Crippen LogP contribution is 2.31. The number of hydrogen-bond acceptors (Lipinski definition) is 4. The fraction of sp³-hybridized carbons (Fsp3) is 0.571. The predicted octanol–water partition coefficient (Wildman–Crippen LogP) is 2.62. The Labute approximate surface area is 130 Å². The van der Waals surface area contributed by atoms with Crippen LogP contribution >= 0.6 is 23.2 Å². The summed E-state index contributed by atoms with van der Waals surface area (Å²) in [6.45, 7) is 5.02. The zero-order valence-corrected chi connectivity index (χ0v) is 13.4. The van der Waals surface area contributed by atoms with Crippen LogP contribution in [-0.4, -0.2) is 56.6 Å². The molecule has 0 atom stereocenters. The van der Waals surface area contributed by atoms with E-state index in [-0.39, 0.29) is 6.61 Å². The highest BCUT2D eigenvalue weighted by molar-refractivity contribution is 6.35. The molecular formula is C14H21Cl2NO3. The largest absolute Gasteiger partial charge is 0.489 e. The van der Waals surface area contributed by atoms with Crippen LogP contribution in [0.1, 0.15) is 5.56 Å². The van der Waals surface area contributed by atoms with Gasteiger partial charge in [0.1, 0.15) is 12.4 Å². The number of benzene rings is 1. The summed E-state index contributed by atoms with van der Waals surface area (Å²) in [7, 11) is 1.94. The lowest BCUT2D eigenvalue weighted by Crippen LogP contribution is -2.26. The van der Waals surface area contributed by atoms with E-state index in [1.54, 1.807) is 6.07 Å². The van der Waals surface area contributed by atoms with Gasteiger partial charge in [0.15, 0.2) is 0 Å². The molecule has 0 aliphatic rings. The van der Waals surface area contributed by atoms with Crippen molar-refractivity contribution in [2.45, 2.75) is 6.92 Å². The molecule has 0 heterocycles. The van der Waals surface area contributed by atoms with Gasteiger partial charge in [-0.1, -0.05) is 23.2 Å². The third-order valence-electron chi connectivity index (χ3n) is 2.77. The molecule has 0 spiro atoms. The molecule has 0 radical (unpaired) electrons. The van der Waals surface area contributed by atoms with Gasteiger partial charge in [-0.25, -0.2) is 0 Å². The summed E-state index contributed by atoms with van der Waals surface area (Å²) in [4.78, 5) is 2.00.